The van der Waals surface area contributed by atoms with E-state index in [0.717, 1.165) is 35.4 Å². The van der Waals surface area contributed by atoms with E-state index in [2.05, 4.69) is 15.6 Å². The fourth-order valence-corrected chi connectivity index (χ4v) is 3.20. The molecule has 1 aliphatic rings. The number of benzene rings is 1. The third kappa shape index (κ3) is 6.38. The molecule has 27 heavy (non-hydrogen) atoms. The molecule has 0 spiro atoms. The highest BCUT2D eigenvalue weighted by Gasteiger charge is 2.16. The molecular weight excluding hydrogens is 385 g/mol. The third-order valence-corrected chi connectivity index (χ3v) is 4.50. The summed E-state index contributed by atoms with van der Waals surface area (Å²) in [7, 11) is 0. The van der Waals surface area contributed by atoms with E-state index in [1.807, 2.05) is 38.1 Å². The van der Waals surface area contributed by atoms with Gasteiger partial charge in [0.05, 0.1) is 0 Å². The number of hydrogen-bond acceptors (Lipinski definition) is 4. The van der Waals surface area contributed by atoms with E-state index in [4.69, 9.17) is 4.74 Å². The minimum absolute atomic E-state index is 0. The lowest BCUT2D eigenvalue weighted by Crippen LogP contribution is -2.37. The summed E-state index contributed by atoms with van der Waals surface area (Å²) in [4.78, 5) is 16.5. The fourth-order valence-electron chi connectivity index (χ4n) is 3.20. The van der Waals surface area contributed by atoms with Gasteiger partial charge in [-0.3, -0.25) is 9.78 Å². The van der Waals surface area contributed by atoms with Gasteiger partial charge in [0.2, 0.25) is 0 Å². The predicted octanol–water partition coefficient (Wildman–Crippen LogP) is 3.60. The molecular formula is C20H27Cl2N3O2. The lowest BCUT2D eigenvalue weighted by Gasteiger charge is -2.15. The molecule has 5 nitrogen and oxygen atoms in total. The second-order valence-corrected chi connectivity index (χ2v) is 6.59. The number of nitrogens with zero attached hydrogens (tertiary/aromatic N) is 1. The zero-order valence-corrected chi connectivity index (χ0v) is 17.3. The SMILES string of the molecule is Cc1cc(C(=O)NCC2CCCN2)cc(C)c1OCc1cccnc1.Cl.Cl. The molecule has 2 heterocycles. The largest absolute Gasteiger partial charge is 0.488 e. The smallest absolute Gasteiger partial charge is 0.251 e. The first kappa shape index (κ1) is 23.2. The van der Waals surface area contributed by atoms with Crippen molar-refractivity contribution in [1.82, 2.24) is 15.6 Å². The summed E-state index contributed by atoms with van der Waals surface area (Å²) in [5, 5.41) is 6.41. The van der Waals surface area contributed by atoms with Crippen molar-refractivity contribution in [2.75, 3.05) is 13.1 Å². The molecule has 1 aromatic carbocycles. The molecule has 3 rings (SSSR count). The number of ether oxygens (including phenoxy) is 1. The zero-order valence-electron chi connectivity index (χ0n) is 15.7. The lowest BCUT2D eigenvalue weighted by molar-refractivity contribution is 0.0950. The van der Waals surface area contributed by atoms with Crippen molar-refractivity contribution in [3.8, 4) is 5.75 Å². The van der Waals surface area contributed by atoms with Gasteiger partial charge in [-0.25, -0.2) is 0 Å². The third-order valence-electron chi connectivity index (χ3n) is 4.50. The molecule has 0 aliphatic carbocycles. The Labute approximate surface area is 173 Å². The number of nitrogens with one attached hydrogen (secondary N) is 2. The van der Waals surface area contributed by atoms with Crippen LogP contribution < -0.4 is 15.4 Å². The van der Waals surface area contributed by atoms with Crippen molar-refractivity contribution in [2.45, 2.75) is 39.3 Å². The van der Waals surface area contributed by atoms with E-state index < -0.39 is 0 Å². The summed E-state index contributed by atoms with van der Waals surface area (Å²) in [6, 6.07) is 8.06. The minimum atomic E-state index is -0.0290. The van der Waals surface area contributed by atoms with Crippen molar-refractivity contribution >= 4 is 30.7 Å². The van der Waals surface area contributed by atoms with Gasteiger partial charge in [-0.2, -0.15) is 0 Å². The number of hydrogen-bond donors (Lipinski definition) is 2. The van der Waals surface area contributed by atoms with Crippen molar-refractivity contribution in [1.29, 1.82) is 0 Å². The van der Waals surface area contributed by atoms with Gasteiger partial charge >= 0.3 is 0 Å². The Bertz CT molecular complexity index is 712. The molecule has 1 fully saturated rings. The van der Waals surface area contributed by atoms with Gasteiger partial charge in [0.1, 0.15) is 12.4 Å². The first-order chi connectivity index (χ1) is 12.1. The van der Waals surface area contributed by atoms with Crippen LogP contribution in [0.4, 0.5) is 0 Å². The van der Waals surface area contributed by atoms with Gasteiger partial charge < -0.3 is 15.4 Å². The minimum Gasteiger partial charge on any atom is -0.488 e. The van der Waals surface area contributed by atoms with Gasteiger partial charge in [0, 0.05) is 36.1 Å². The average molecular weight is 412 g/mol. The van der Waals surface area contributed by atoms with Crippen LogP contribution in [-0.2, 0) is 6.61 Å². The first-order valence-electron chi connectivity index (χ1n) is 8.78. The summed E-state index contributed by atoms with van der Waals surface area (Å²) in [6.45, 7) is 6.13. The van der Waals surface area contributed by atoms with E-state index in [-0.39, 0.29) is 30.7 Å². The number of carbonyl (C=O) groups is 1. The average Bonchev–Trinajstić information content (AvgIpc) is 3.13. The number of pyridine rings is 1. The maximum atomic E-state index is 12.4. The maximum absolute atomic E-state index is 12.4. The Morgan fingerprint density at radius 3 is 2.63 bits per heavy atom. The van der Waals surface area contributed by atoms with Crippen molar-refractivity contribution in [2.24, 2.45) is 0 Å². The molecule has 1 unspecified atom stereocenters. The Morgan fingerprint density at radius 1 is 1.30 bits per heavy atom. The Morgan fingerprint density at radius 2 is 2.04 bits per heavy atom. The molecule has 2 aromatic rings. The maximum Gasteiger partial charge on any atom is 0.251 e. The molecule has 0 saturated carbocycles. The van der Waals surface area contributed by atoms with Crippen molar-refractivity contribution < 1.29 is 9.53 Å². The summed E-state index contributed by atoms with van der Waals surface area (Å²) >= 11 is 0. The van der Waals surface area contributed by atoms with E-state index in [1.54, 1.807) is 12.4 Å². The molecule has 1 atom stereocenters. The molecule has 1 aromatic heterocycles. The van der Waals surface area contributed by atoms with Crippen molar-refractivity contribution in [3.05, 3.63) is 58.9 Å². The highest BCUT2D eigenvalue weighted by atomic mass is 35.5. The van der Waals surface area contributed by atoms with E-state index in [0.29, 0.717) is 24.8 Å². The van der Waals surface area contributed by atoms with Crippen LogP contribution >= 0.6 is 24.8 Å². The molecule has 1 aliphatic heterocycles. The van der Waals surface area contributed by atoms with Crippen LogP contribution in [-0.4, -0.2) is 30.0 Å². The highest BCUT2D eigenvalue weighted by molar-refractivity contribution is 5.95. The molecule has 1 amide bonds. The Hall–Kier alpha value is -1.82. The monoisotopic (exact) mass is 411 g/mol. The van der Waals surface area contributed by atoms with Gasteiger partial charge in [0.15, 0.2) is 0 Å². The molecule has 0 bridgehead atoms. The van der Waals surface area contributed by atoms with Crippen LogP contribution in [0, 0.1) is 13.8 Å². The first-order valence-corrected chi connectivity index (χ1v) is 8.78. The predicted molar refractivity (Wildman–Crippen MR) is 112 cm³/mol. The van der Waals surface area contributed by atoms with Crippen LogP contribution in [0.15, 0.2) is 36.7 Å². The van der Waals surface area contributed by atoms with E-state index >= 15 is 0 Å². The summed E-state index contributed by atoms with van der Waals surface area (Å²) < 4.78 is 5.95. The Balaban J connectivity index is 0.00000182. The number of aromatic nitrogens is 1. The van der Waals surface area contributed by atoms with E-state index in [9.17, 15) is 4.79 Å². The number of carbonyl (C=O) groups excluding carboxylic acids is 1. The number of halogens is 2. The quantitative estimate of drug-likeness (QED) is 0.761. The summed E-state index contributed by atoms with van der Waals surface area (Å²) in [5.74, 6) is 0.802. The second kappa shape index (κ2) is 11.1. The van der Waals surface area contributed by atoms with Crippen LogP contribution in [0.2, 0.25) is 0 Å². The van der Waals surface area contributed by atoms with Gasteiger partial charge in [-0.15, -0.1) is 24.8 Å². The second-order valence-electron chi connectivity index (χ2n) is 6.59. The highest BCUT2D eigenvalue weighted by Crippen LogP contribution is 2.25. The van der Waals surface area contributed by atoms with Crippen LogP contribution in [0.1, 0.15) is 39.9 Å². The summed E-state index contributed by atoms with van der Waals surface area (Å²) in [5.41, 5.74) is 3.63. The molecule has 7 heteroatoms. The van der Waals surface area contributed by atoms with Gasteiger partial charge in [-0.05, 0) is 62.6 Å². The van der Waals surface area contributed by atoms with Gasteiger partial charge in [-0.1, -0.05) is 6.07 Å². The fraction of sp³-hybridized carbons (Fsp3) is 0.400. The summed E-state index contributed by atoms with van der Waals surface area (Å²) in [6.07, 6.45) is 5.85. The lowest BCUT2D eigenvalue weighted by atomic mass is 10.0. The van der Waals surface area contributed by atoms with E-state index in [1.165, 1.54) is 6.42 Å². The zero-order chi connectivity index (χ0) is 17.6. The molecule has 1 saturated heterocycles. The molecule has 2 N–H and O–H groups in total. The number of rotatable bonds is 6. The van der Waals surface area contributed by atoms with Gasteiger partial charge in [0.25, 0.3) is 5.91 Å². The van der Waals surface area contributed by atoms with Crippen LogP contribution in [0.5, 0.6) is 5.75 Å². The van der Waals surface area contributed by atoms with Crippen LogP contribution in [0.3, 0.4) is 0 Å². The van der Waals surface area contributed by atoms with Crippen molar-refractivity contribution in [3.63, 3.8) is 0 Å². The van der Waals surface area contributed by atoms with Crippen LogP contribution in [0.25, 0.3) is 0 Å². The topological polar surface area (TPSA) is 63.2 Å². The molecule has 0 radical (unpaired) electrons. The standard InChI is InChI=1S/C20H25N3O2.2ClH/c1-14-9-17(20(24)23-12-18-6-4-8-22-18)10-15(2)19(14)25-13-16-5-3-7-21-11-16;;/h3,5,7,9-11,18,22H,4,6,8,12-13H2,1-2H3,(H,23,24);2*1H. The number of amides is 1. The molecule has 148 valence electrons. The normalized spacial score (nSPS) is 15.4. The Kier molecular flexibility index (Phi) is 9.56. The number of aryl methyl sites for hydroxylation is 2.